The van der Waals surface area contributed by atoms with Crippen molar-refractivity contribution in [2.24, 2.45) is 5.92 Å². The lowest BCUT2D eigenvalue weighted by Crippen LogP contribution is -2.23. The maximum absolute atomic E-state index is 13.5. The summed E-state index contributed by atoms with van der Waals surface area (Å²) in [6, 6.07) is 3.43. The maximum atomic E-state index is 13.5. The smallest absolute Gasteiger partial charge is 0.126 e. The lowest BCUT2D eigenvalue weighted by Gasteiger charge is -2.21. The normalized spacial score (nSPS) is 19.5. The zero-order chi connectivity index (χ0) is 13.0. The summed E-state index contributed by atoms with van der Waals surface area (Å²) in [5.41, 5.74) is 0.284. The Hall–Kier alpha value is -0.960. The minimum absolute atomic E-state index is 0.217. The summed E-state index contributed by atoms with van der Waals surface area (Å²) < 4.78 is 26.6. The van der Waals surface area contributed by atoms with Gasteiger partial charge in [-0.2, -0.15) is 0 Å². The molecular weight excluding hydrogens is 234 g/mol. The molecule has 1 nitrogen and oxygen atoms in total. The molecule has 1 atom stereocenters. The third-order valence-corrected chi connectivity index (χ3v) is 3.88. The quantitative estimate of drug-likeness (QED) is 0.813. The third-order valence-electron chi connectivity index (χ3n) is 3.88. The summed E-state index contributed by atoms with van der Waals surface area (Å²) in [5, 5.41) is 10.2. The van der Waals surface area contributed by atoms with Crippen LogP contribution in [0.4, 0.5) is 8.78 Å². The van der Waals surface area contributed by atoms with E-state index in [0.717, 1.165) is 37.8 Å². The van der Waals surface area contributed by atoms with Gasteiger partial charge in [0.05, 0.1) is 6.10 Å². The standard InChI is InChI=1S/C15H20F2O/c16-13-7-8-14(17)12(9-13)10-15(18)11-5-3-1-2-4-6-11/h7-9,11,15,18H,1-6,10H2. The molecule has 0 aliphatic heterocycles. The number of hydrogen-bond acceptors (Lipinski definition) is 1. The fourth-order valence-electron chi connectivity index (χ4n) is 2.79. The van der Waals surface area contributed by atoms with Crippen LogP contribution in [0.5, 0.6) is 0 Å². The molecule has 18 heavy (non-hydrogen) atoms. The van der Waals surface area contributed by atoms with E-state index in [9.17, 15) is 13.9 Å². The first kappa shape index (κ1) is 13.5. The highest BCUT2D eigenvalue weighted by atomic mass is 19.1. The van der Waals surface area contributed by atoms with Crippen molar-refractivity contribution < 1.29 is 13.9 Å². The molecule has 0 bridgehead atoms. The molecule has 3 heteroatoms. The molecular formula is C15H20F2O. The number of rotatable bonds is 3. The molecule has 1 aromatic rings. The van der Waals surface area contributed by atoms with Crippen LogP contribution in [0.15, 0.2) is 18.2 Å². The molecule has 100 valence electrons. The van der Waals surface area contributed by atoms with E-state index in [1.54, 1.807) is 0 Å². The second-order valence-corrected chi connectivity index (χ2v) is 5.26. The van der Waals surface area contributed by atoms with Gasteiger partial charge in [0.1, 0.15) is 11.6 Å². The zero-order valence-corrected chi connectivity index (χ0v) is 10.5. The average molecular weight is 254 g/mol. The lowest BCUT2D eigenvalue weighted by atomic mass is 9.90. The molecule has 0 heterocycles. The van der Waals surface area contributed by atoms with Crippen molar-refractivity contribution in [3.05, 3.63) is 35.4 Å². The number of aliphatic hydroxyl groups excluding tert-OH is 1. The second kappa shape index (κ2) is 6.28. The fourth-order valence-corrected chi connectivity index (χ4v) is 2.79. The number of aliphatic hydroxyl groups is 1. The number of halogens is 2. The minimum Gasteiger partial charge on any atom is -0.392 e. The summed E-state index contributed by atoms with van der Waals surface area (Å²) in [4.78, 5) is 0. The highest BCUT2D eigenvalue weighted by Crippen LogP contribution is 2.27. The van der Waals surface area contributed by atoms with Crippen LogP contribution >= 0.6 is 0 Å². The molecule has 1 aliphatic rings. The summed E-state index contributed by atoms with van der Waals surface area (Å²) in [5.74, 6) is -0.640. The van der Waals surface area contributed by atoms with Gasteiger partial charge in [0.2, 0.25) is 0 Å². The predicted molar refractivity (Wildman–Crippen MR) is 67.3 cm³/mol. The highest BCUT2D eigenvalue weighted by Gasteiger charge is 2.22. The Morgan fingerprint density at radius 1 is 1.11 bits per heavy atom. The zero-order valence-electron chi connectivity index (χ0n) is 10.5. The van der Waals surface area contributed by atoms with Crippen molar-refractivity contribution in [2.75, 3.05) is 0 Å². The molecule has 1 N–H and O–H groups in total. The Morgan fingerprint density at radius 3 is 2.44 bits per heavy atom. The van der Waals surface area contributed by atoms with Crippen LogP contribution in [0.2, 0.25) is 0 Å². The Balaban J connectivity index is 2.00. The van der Waals surface area contributed by atoms with E-state index in [1.807, 2.05) is 0 Å². The van der Waals surface area contributed by atoms with E-state index in [4.69, 9.17) is 0 Å². The van der Waals surface area contributed by atoms with Crippen molar-refractivity contribution in [1.29, 1.82) is 0 Å². The van der Waals surface area contributed by atoms with Crippen LogP contribution in [0.3, 0.4) is 0 Å². The van der Waals surface area contributed by atoms with Gasteiger partial charge in [0.25, 0.3) is 0 Å². The minimum atomic E-state index is -0.556. The predicted octanol–water partition coefficient (Wildman–Crippen LogP) is 3.84. The van der Waals surface area contributed by atoms with E-state index in [2.05, 4.69) is 0 Å². The fraction of sp³-hybridized carbons (Fsp3) is 0.600. The Kier molecular flexibility index (Phi) is 4.70. The van der Waals surface area contributed by atoms with Crippen LogP contribution in [0.1, 0.15) is 44.1 Å². The number of benzene rings is 1. The largest absolute Gasteiger partial charge is 0.392 e. The summed E-state index contributed by atoms with van der Waals surface area (Å²) >= 11 is 0. The van der Waals surface area contributed by atoms with E-state index >= 15 is 0 Å². The van der Waals surface area contributed by atoms with E-state index in [1.165, 1.54) is 18.9 Å². The van der Waals surface area contributed by atoms with E-state index in [0.29, 0.717) is 0 Å². The van der Waals surface area contributed by atoms with Gasteiger partial charge in [-0.05, 0) is 42.5 Å². The highest BCUT2D eigenvalue weighted by molar-refractivity contribution is 5.19. The lowest BCUT2D eigenvalue weighted by molar-refractivity contribution is 0.0977. The van der Waals surface area contributed by atoms with Crippen molar-refractivity contribution >= 4 is 0 Å². The number of hydrogen-bond donors (Lipinski definition) is 1. The van der Waals surface area contributed by atoms with Gasteiger partial charge in [-0.25, -0.2) is 8.78 Å². The van der Waals surface area contributed by atoms with Crippen molar-refractivity contribution in [3.8, 4) is 0 Å². The Morgan fingerprint density at radius 2 is 1.78 bits per heavy atom. The molecule has 0 amide bonds. The van der Waals surface area contributed by atoms with Gasteiger partial charge in [-0.3, -0.25) is 0 Å². The Bertz CT molecular complexity index is 384. The second-order valence-electron chi connectivity index (χ2n) is 5.26. The third kappa shape index (κ3) is 3.52. The molecule has 2 rings (SSSR count). The molecule has 0 spiro atoms. The molecule has 1 aromatic carbocycles. The first-order valence-electron chi connectivity index (χ1n) is 6.79. The summed E-state index contributed by atoms with van der Waals surface area (Å²) in [6.45, 7) is 0. The van der Waals surface area contributed by atoms with Crippen molar-refractivity contribution in [2.45, 2.75) is 51.0 Å². The van der Waals surface area contributed by atoms with Gasteiger partial charge in [-0.15, -0.1) is 0 Å². The molecule has 1 aliphatic carbocycles. The monoisotopic (exact) mass is 254 g/mol. The van der Waals surface area contributed by atoms with Crippen LogP contribution in [-0.2, 0) is 6.42 Å². The van der Waals surface area contributed by atoms with Crippen LogP contribution in [0.25, 0.3) is 0 Å². The van der Waals surface area contributed by atoms with E-state index < -0.39 is 17.7 Å². The van der Waals surface area contributed by atoms with Gasteiger partial charge in [-0.1, -0.05) is 25.7 Å². The van der Waals surface area contributed by atoms with Crippen LogP contribution in [-0.4, -0.2) is 11.2 Å². The van der Waals surface area contributed by atoms with Gasteiger partial charge in [0, 0.05) is 6.42 Å². The average Bonchev–Trinajstić information content (AvgIpc) is 2.62. The molecule has 0 radical (unpaired) electrons. The van der Waals surface area contributed by atoms with Crippen molar-refractivity contribution in [3.63, 3.8) is 0 Å². The molecule has 1 fully saturated rings. The van der Waals surface area contributed by atoms with Crippen LogP contribution in [0, 0.1) is 17.6 Å². The molecule has 0 saturated heterocycles. The van der Waals surface area contributed by atoms with E-state index in [-0.39, 0.29) is 17.9 Å². The van der Waals surface area contributed by atoms with Crippen molar-refractivity contribution in [1.82, 2.24) is 0 Å². The summed E-state index contributed by atoms with van der Waals surface area (Å²) in [6.07, 6.45) is 6.36. The van der Waals surface area contributed by atoms with Gasteiger partial charge in [0.15, 0.2) is 0 Å². The summed E-state index contributed by atoms with van der Waals surface area (Å²) in [7, 11) is 0. The molecule has 1 unspecified atom stereocenters. The SMILES string of the molecule is OC(Cc1cc(F)ccc1F)C1CCCCCC1. The maximum Gasteiger partial charge on any atom is 0.126 e. The van der Waals surface area contributed by atoms with Gasteiger partial charge < -0.3 is 5.11 Å². The molecule has 1 saturated carbocycles. The first-order valence-corrected chi connectivity index (χ1v) is 6.79. The van der Waals surface area contributed by atoms with Crippen LogP contribution < -0.4 is 0 Å². The molecule has 0 aromatic heterocycles. The first-order chi connectivity index (χ1) is 8.66. The van der Waals surface area contributed by atoms with Gasteiger partial charge >= 0.3 is 0 Å². The Labute approximate surface area is 107 Å². The topological polar surface area (TPSA) is 20.2 Å².